The summed E-state index contributed by atoms with van der Waals surface area (Å²) in [6.07, 6.45) is 0.610. The maximum atomic E-state index is 12.5. The largest absolute Gasteiger partial charge is 0.496 e. The Hall–Kier alpha value is -2.87. The molecule has 3 aromatic rings. The van der Waals surface area contributed by atoms with Crippen LogP contribution in [-0.2, 0) is 11.2 Å². The predicted molar refractivity (Wildman–Crippen MR) is 118 cm³/mol. The van der Waals surface area contributed by atoms with Crippen LogP contribution in [0.3, 0.4) is 0 Å². The molecule has 0 atom stereocenters. The first-order valence-corrected chi connectivity index (χ1v) is 10.0. The highest BCUT2D eigenvalue weighted by molar-refractivity contribution is 14.1. The SMILES string of the molecule is COc1ccc(C(=O)Oc2ccccc2C(=O)OCCc2ccccc2)cc1I. The number of ether oxygens (including phenoxy) is 3. The Morgan fingerprint density at radius 2 is 1.59 bits per heavy atom. The fourth-order valence-corrected chi connectivity index (χ4v) is 3.40. The Morgan fingerprint density at radius 3 is 2.31 bits per heavy atom. The molecule has 148 valence electrons. The van der Waals surface area contributed by atoms with Gasteiger partial charge in [0, 0.05) is 6.42 Å². The summed E-state index contributed by atoms with van der Waals surface area (Å²) in [4.78, 5) is 25.0. The van der Waals surface area contributed by atoms with Gasteiger partial charge in [-0.25, -0.2) is 9.59 Å². The smallest absolute Gasteiger partial charge is 0.343 e. The van der Waals surface area contributed by atoms with Gasteiger partial charge in [-0.1, -0.05) is 42.5 Å². The highest BCUT2D eigenvalue weighted by atomic mass is 127. The molecule has 0 aliphatic heterocycles. The van der Waals surface area contributed by atoms with E-state index in [0.717, 1.165) is 9.13 Å². The van der Waals surface area contributed by atoms with Crippen molar-refractivity contribution < 1.29 is 23.8 Å². The first kappa shape index (κ1) is 20.9. The third-order valence-corrected chi connectivity index (χ3v) is 5.01. The molecule has 5 nitrogen and oxygen atoms in total. The molecule has 0 spiro atoms. The van der Waals surface area contributed by atoms with Crippen molar-refractivity contribution in [1.82, 2.24) is 0 Å². The molecule has 0 fully saturated rings. The second-order valence-electron chi connectivity index (χ2n) is 6.11. The van der Waals surface area contributed by atoms with Crippen LogP contribution in [0.4, 0.5) is 0 Å². The molecule has 3 aromatic carbocycles. The van der Waals surface area contributed by atoms with E-state index in [4.69, 9.17) is 14.2 Å². The van der Waals surface area contributed by atoms with Gasteiger partial charge < -0.3 is 14.2 Å². The summed E-state index contributed by atoms with van der Waals surface area (Å²) in [6.45, 7) is 0.238. The number of halogens is 1. The molecule has 0 heterocycles. The minimum Gasteiger partial charge on any atom is -0.496 e. The summed E-state index contributed by atoms with van der Waals surface area (Å²) in [5, 5.41) is 0. The van der Waals surface area contributed by atoms with Gasteiger partial charge in [-0.2, -0.15) is 0 Å². The van der Waals surface area contributed by atoms with Crippen LogP contribution in [0.1, 0.15) is 26.3 Å². The summed E-state index contributed by atoms with van der Waals surface area (Å²) in [5.74, 6) is -0.263. The zero-order chi connectivity index (χ0) is 20.6. The highest BCUT2D eigenvalue weighted by Crippen LogP contribution is 2.24. The fourth-order valence-electron chi connectivity index (χ4n) is 2.66. The highest BCUT2D eigenvalue weighted by Gasteiger charge is 2.18. The number of methoxy groups -OCH3 is 1. The number of hydrogen-bond acceptors (Lipinski definition) is 5. The van der Waals surface area contributed by atoms with Crippen molar-refractivity contribution in [3.05, 3.63) is 93.1 Å². The van der Waals surface area contributed by atoms with E-state index in [9.17, 15) is 9.59 Å². The van der Waals surface area contributed by atoms with Crippen molar-refractivity contribution >= 4 is 34.5 Å². The van der Waals surface area contributed by atoms with E-state index >= 15 is 0 Å². The van der Waals surface area contributed by atoms with Gasteiger partial charge in [0.1, 0.15) is 17.1 Å². The van der Waals surface area contributed by atoms with E-state index in [1.165, 1.54) is 0 Å². The maximum Gasteiger partial charge on any atom is 0.343 e. The summed E-state index contributed by atoms with van der Waals surface area (Å²) in [7, 11) is 1.56. The lowest BCUT2D eigenvalue weighted by Gasteiger charge is -2.11. The predicted octanol–water partition coefficient (Wildman–Crippen LogP) is 4.92. The zero-order valence-corrected chi connectivity index (χ0v) is 17.9. The molecule has 6 heteroatoms. The minimum atomic E-state index is -0.560. The molecule has 3 rings (SSSR count). The molecule has 0 aliphatic rings. The standard InChI is InChI=1S/C23H19IO5/c1-27-21-12-11-17(15-19(21)24)22(25)29-20-10-6-5-9-18(20)23(26)28-14-13-16-7-3-2-4-8-16/h2-12,15H,13-14H2,1H3. The van der Waals surface area contributed by atoms with Crippen LogP contribution < -0.4 is 9.47 Å². The molecule has 0 amide bonds. The first-order chi connectivity index (χ1) is 14.1. The molecular formula is C23H19IO5. The number of esters is 2. The quantitative estimate of drug-likeness (QED) is 0.261. The number of para-hydroxylation sites is 1. The van der Waals surface area contributed by atoms with Crippen molar-refractivity contribution in [3.63, 3.8) is 0 Å². The molecule has 0 saturated heterocycles. The second kappa shape index (κ2) is 10.1. The van der Waals surface area contributed by atoms with Crippen LogP contribution in [-0.4, -0.2) is 25.7 Å². The summed E-state index contributed by atoms with van der Waals surface area (Å²) >= 11 is 2.08. The second-order valence-corrected chi connectivity index (χ2v) is 7.27. The van der Waals surface area contributed by atoms with Gasteiger partial charge in [0.25, 0.3) is 0 Å². The van der Waals surface area contributed by atoms with Gasteiger partial charge in [0.2, 0.25) is 0 Å². The average Bonchev–Trinajstić information content (AvgIpc) is 2.74. The van der Waals surface area contributed by atoms with E-state index in [2.05, 4.69) is 22.6 Å². The van der Waals surface area contributed by atoms with Crippen molar-refractivity contribution in [2.45, 2.75) is 6.42 Å². The van der Waals surface area contributed by atoms with E-state index in [1.54, 1.807) is 49.6 Å². The van der Waals surface area contributed by atoms with Gasteiger partial charge in [-0.15, -0.1) is 0 Å². The van der Waals surface area contributed by atoms with Gasteiger partial charge in [-0.3, -0.25) is 0 Å². The van der Waals surface area contributed by atoms with Crippen LogP contribution >= 0.6 is 22.6 Å². The molecule has 0 unspecified atom stereocenters. The Labute approximate surface area is 182 Å². The third-order valence-electron chi connectivity index (χ3n) is 4.16. The van der Waals surface area contributed by atoms with Gasteiger partial charge in [-0.05, 0) is 58.5 Å². The molecule has 0 aliphatic carbocycles. The lowest BCUT2D eigenvalue weighted by atomic mass is 10.1. The third kappa shape index (κ3) is 5.57. The van der Waals surface area contributed by atoms with Crippen molar-refractivity contribution in [2.75, 3.05) is 13.7 Å². The zero-order valence-electron chi connectivity index (χ0n) is 15.8. The molecule has 0 saturated carbocycles. The maximum absolute atomic E-state index is 12.5. The number of carbonyl (C=O) groups excluding carboxylic acids is 2. The molecule has 0 aromatic heterocycles. The van der Waals surface area contributed by atoms with Crippen LogP contribution in [0.15, 0.2) is 72.8 Å². The molecule has 0 bridgehead atoms. The molecule has 0 radical (unpaired) electrons. The number of hydrogen-bond donors (Lipinski definition) is 0. The number of carbonyl (C=O) groups is 2. The van der Waals surface area contributed by atoms with Crippen LogP contribution in [0.5, 0.6) is 11.5 Å². The monoisotopic (exact) mass is 502 g/mol. The van der Waals surface area contributed by atoms with Gasteiger partial charge >= 0.3 is 11.9 Å². The minimum absolute atomic E-state index is 0.160. The lowest BCUT2D eigenvalue weighted by Crippen LogP contribution is -2.14. The fraction of sp³-hybridized carbons (Fsp3) is 0.130. The van der Waals surface area contributed by atoms with Crippen LogP contribution in [0.25, 0.3) is 0 Å². The number of rotatable bonds is 7. The topological polar surface area (TPSA) is 61.8 Å². The molecule has 29 heavy (non-hydrogen) atoms. The first-order valence-electron chi connectivity index (χ1n) is 8.94. The average molecular weight is 502 g/mol. The van der Waals surface area contributed by atoms with Crippen molar-refractivity contribution in [3.8, 4) is 11.5 Å². The van der Waals surface area contributed by atoms with Gasteiger partial charge in [0.05, 0.1) is 22.9 Å². The van der Waals surface area contributed by atoms with Crippen LogP contribution in [0, 0.1) is 3.57 Å². The summed E-state index contributed by atoms with van der Waals surface area (Å²) < 4.78 is 16.8. The Morgan fingerprint density at radius 1 is 0.862 bits per heavy atom. The van der Waals surface area contributed by atoms with E-state index < -0.39 is 11.9 Å². The summed E-state index contributed by atoms with van der Waals surface area (Å²) in [5.41, 5.74) is 1.65. The normalized spacial score (nSPS) is 10.3. The lowest BCUT2D eigenvalue weighted by molar-refractivity contribution is 0.0504. The van der Waals surface area contributed by atoms with E-state index in [1.807, 2.05) is 30.3 Å². The van der Waals surface area contributed by atoms with E-state index in [-0.39, 0.29) is 17.9 Å². The molecular weight excluding hydrogens is 483 g/mol. The van der Waals surface area contributed by atoms with E-state index in [0.29, 0.717) is 17.7 Å². The Kier molecular flexibility index (Phi) is 7.24. The van der Waals surface area contributed by atoms with Crippen molar-refractivity contribution in [2.24, 2.45) is 0 Å². The molecule has 0 N–H and O–H groups in total. The summed E-state index contributed by atoms with van der Waals surface area (Å²) in [6, 6.07) is 21.3. The number of benzene rings is 3. The Balaban J connectivity index is 1.67. The van der Waals surface area contributed by atoms with Gasteiger partial charge in [0.15, 0.2) is 0 Å². The van der Waals surface area contributed by atoms with Crippen LogP contribution in [0.2, 0.25) is 0 Å². The van der Waals surface area contributed by atoms with Crippen molar-refractivity contribution in [1.29, 1.82) is 0 Å². The Bertz CT molecular complexity index is 1000.